The van der Waals surface area contributed by atoms with Crippen molar-refractivity contribution in [1.82, 2.24) is 14.8 Å². The number of hydrogen-bond acceptors (Lipinski definition) is 5. The molecular weight excluding hydrogens is 405 g/mol. The molecule has 10 heteroatoms. The second-order valence-corrected chi connectivity index (χ2v) is 6.82. The summed E-state index contributed by atoms with van der Waals surface area (Å²) in [5.74, 6) is -0.612. The summed E-state index contributed by atoms with van der Waals surface area (Å²) in [5.41, 5.74) is 2.44. The average molecular weight is 422 g/mol. The number of para-hydroxylation sites is 1. The number of nitrogens with one attached hydrogen (secondary N) is 1. The summed E-state index contributed by atoms with van der Waals surface area (Å²) in [4.78, 5) is 12.2. The summed E-state index contributed by atoms with van der Waals surface area (Å²) < 4.78 is 42.2. The third-order valence-electron chi connectivity index (χ3n) is 3.85. The Morgan fingerprint density at radius 1 is 1.17 bits per heavy atom. The number of aromatic nitrogens is 3. The number of aryl methyl sites for hydroxylation is 1. The molecule has 1 N–H and O–H groups in total. The van der Waals surface area contributed by atoms with Crippen molar-refractivity contribution in [2.24, 2.45) is 0 Å². The fraction of sp³-hybridized carbons (Fsp3) is 0.211. The summed E-state index contributed by atoms with van der Waals surface area (Å²) >= 11 is 1.21. The number of anilines is 1. The molecule has 3 rings (SSSR count). The van der Waals surface area contributed by atoms with Crippen LogP contribution in [0.25, 0.3) is 5.69 Å². The lowest BCUT2D eigenvalue weighted by Gasteiger charge is -2.11. The predicted molar refractivity (Wildman–Crippen MR) is 103 cm³/mol. The van der Waals surface area contributed by atoms with Crippen LogP contribution in [0.3, 0.4) is 0 Å². The fourth-order valence-electron chi connectivity index (χ4n) is 2.60. The van der Waals surface area contributed by atoms with E-state index in [1.54, 1.807) is 6.33 Å². The molecule has 0 aliphatic carbocycles. The van der Waals surface area contributed by atoms with Crippen LogP contribution in [0.1, 0.15) is 12.5 Å². The van der Waals surface area contributed by atoms with E-state index in [0.29, 0.717) is 10.8 Å². The average Bonchev–Trinajstić information content (AvgIpc) is 3.15. The molecule has 2 aromatic carbocycles. The van der Waals surface area contributed by atoms with Crippen LogP contribution in [0.15, 0.2) is 60.0 Å². The summed E-state index contributed by atoms with van der Waals surface area (Å²) in [6.45, 7) is 2.05. The molecule has 1 heterocycles. The number of benzene rings is 2. The quantitative estimate of drug-likeness (QED) is 0.570. The highest BCUT2D eigenvalue weighted by molar-refractivity contribution is 7.99. The summed E-state index contributed by atoms with van der Waals surface area (Å²) in [5, 5.41) is 11.2. The molecule has 152 valence electrons. The summed E-state index contributed by atoms with van der Waals surface area (Å²) in [6.07, 6.45) is -2.32. The van der Waals surface area contributed by atoms with Crippen LogP contribution in [-0.4, -0.2) is 32.8 Å². The van der Waals surface area contributed by atoms with E-state index in [2.05, 4.69) is 27.2 Å². The van der Waals surface area contributed by atoms with Crippen molar-refractivity contribution in [2.75, 3.05) is 11.1 Å². The van der Waals surface area contributed by atoms with Crippen molar-refractivity contribution in [2.45, 2.75) is 24.9 Å². The van der Waals surface area contributed by atoms with Gasteiger partial charge in [0.25, 0.3) is 0 Å². The van der Waals surface area contributed by atoms with Gasteiger partial charge in [0.05, 0.1) is 11.4 Å². The van der Waals surface area contributed by atoms with Gasteiger partial charge in [-0.05, 0) is 42.3 Å². The van der Waals surface area contributed by atoms with Crippen molar-refractivity contribution in [1.29, 1.82) is 0 Å². The van der Waals surface area contributed by atoms with Gasteiger partial charge < -0.3 is 10.1 Å². The van der Waals surface area contributed by atoms with Gasteiger partial charge in [0.1, 0.15) is 12.1 Å². The minimum absolute atomic E-state index is 0.0633. The Morgan fingerprint density at radius 2 is 1.90 bits per heavy atom. The SMILES string of the molecule is CCc1ccccc1-n1cnnc1SCC(=O)Nc1ccc(OC(F)(F)F)cc1. The first-order valence-corrected chi connectivity index (χ1v) is 9.61. The van der Waals surface area contributed by atoms with Crippen LogP contribution in [0, 0.1) is 0 Å². The van der Waals surface area contributed by atoms with Gasteiger partial charge in [-0.15, -0.1) is 23.4 Å². The number of nitrogens with zero attached hydrogens (tertiary/aromatic N) is 3. The Kier molecular flexibility index (Phi) is 6.42. The first-order valence-electron chi connectivity index (χ1n) is 8.62. The van der Waals surface area contributed by atoms with Crippen molar-refractivity contribution in [3.05, 3.63) is 60.4 Å². The van der Waals surface area contributed by atoms with Crippen molar-refractivity contribution in [3.63, 3.8) is 0 Å². The molecule has 0 aliphatic rings. The van der Waals surface area contributed by atoms with Gasteiger partial charge >= 0.3 is 6.36 Å². The van der Waals surface area contributed by atoms with Gasteiger partial charge in [0.2, 0.25) is 5.91 Å². The molecule has 6 nitrogen and oxygen atoms in total. The van der Waals surface area contributed by atoms with Crippen molar-refractivity contribution < 1.29 is 22.7 Å². The van der Waals surface area contributed by atoms with Gasteiger partial charge in [-0.1, -0.05) is 36.9 Å². The minimum atomic E-state index is -4.76. The zero-order valence-corrected chi connectivity index (χ0v) is 16.1. The van der Waals surface area contributed by atoms with Gasteiger partial charge in [0, 0.05) is 5.69 Å². The van der Waals surface area contributed by atoms with E-state index >= 15 is 0 Å². The Balaban J connectivity index is 1.60. The van der Waals surface area contributed by atoms with Crippen LogP contribution in [0.2, 0.25) is 0 Å². The summed E-state index contributed by atoms with van der Waals surface area (Å²) in [7, 11) is 0. The Bertz CT molecular complexity index is 974. The highest BCUT2D eigenvalue weighted by atomic mass is 32.2. The van der Waals surface area contributed by atoms with E-state index in [-0.39, 0.29) is 17.4 Å². The lowest BCUT2D eigenvalue weighted by Crippen LogP contribution is -2.17. The lowest BCUT2D eigenvalue weighted by atomic mass is 10.1. The molecule has 3 aromatic rings. The molecule has 0 fully saturated rings. The first-order chi connectivity index (χ1) is 13.9. The third kappa shape index (κ3) is 5.74. The largest absolute Gasteiger partial charge is 0.573 e. The molecule has 29 heavy (non-hydrogen) atoms. The third-order valence-corrected chi connectivity index (χ3v) is 4.80. The van der Waals surface area contributed by atoms with Gasteiger partial charge in [-0.25, -0.2) is 0 Å². The molecule has 0 unspecified atom stereocenters. The molecular formula is C19H17F3N4O2S. The maximum Gasteiger partial charge on any atom is 0.573 e. The Hall–Kier alpha value is -3.01. The van der Waals surface area contributed by atoms with Crippen molar-refractivity contribution in [3.8, 4) is 11.4 Å². The van der Waals surface area contributed by atoms with E-state index in [4.69, 9.17) is 0 Å². The second-order valence-electron chi connectivity index (χ2n) is 5.87. The molecule has 0 bridgehead atoms. The van der Waals surface area contributed by atoms with Crippen molar-refractivity contribution >= 4 is 23.4 Å². The Morgan fingerprint density at radius 3 is 2.59 bits per heavy atom. The zero-order valence-electron chi connectivity index (χ0n) is 15.3. The number of ether oxygens (including phenoxy) is 1. The maximum absolute atomic E-state index is 12.2. The van der Waals surface area contributed by atoms with Crippen LogP contribution in [-0.2, 0) is 11.2 Å². The predicted octanol–water partition coefficient (Wildman–Crippen LogP) is 4.46. The van der Waals surface area contributed by atoms with E-state index in [9.17, 15) is 18.0 Å². The smallest absolute Gasteiger partial charge is 0.406 e. The molecule has 0 aliphatic heterocycles. The highest BCUT2D eigenvalue weighted by Gasteiger charge is 2.30. The zero-order chi connectivity index (χ0) is 20.9. The second kappa shape index (κ2) is 8.99. The van der Waals surface area contributed by atoms with E-state index in [1.165, 1.54) is 23.9 Å². The standard InChI is InChI=1S/C19H17F3N4O2S/c1-2-13-5-3-4-6-16(13)26-12-23-25-18(26)29-11-17(27)24-14-7-9-15(10-8-14)28-19(20,21)22/h3-10,12H,2,11H2,1H3,(H,24,27). The number of rotatable bonds is 7. The molecule has 0 saturated carbocycles. The first kappa shape index (κ1) is 20.7. The summed E-state index contributed by atoms with van der Waals surface area (Å²) in [6, 6.07) is 12.8. The van der Waals surface area contributed by atoms with Crippen LogP contribution in [0.4, 0.5) is 18.9 Å². The number of halogens is 3. The topological polar surface area (TPSA) is 69.0 Å². The number of amides is 1. The highest BCUT2D eigenvalue weighted by Crippen LogP contribution is 2.25. The number of carbonyl (C=O) groups is 1. The van der Waals surface area contributed by atoms with E-state index < -0.39 is 6.36 Å². The monoisotopic (exact) mass is 422 g/mol. The molecule has 1 amide bonds. The van der Waals surface area contributed by atoms with E-state index in [0.717, 1.165) is 29.8 Å². The van der Waals surface area contributed by atoms with Crippen LogP contribution < -0.4 is 10.1 Å². The minimum Gasteiger partial charge on any atom is -0.406 e. The molecule has 0 saturated heterocycles. The molecule has 0 radical (unpaired) electrons. The molecule has 0 atom stereocenters. The lowest BCUT2D eigenvalue weighted by molar-refractivity contribution is -0.274. The normalized spacial score (nSPS) is 11.3. The number of carbonyl (C=O) groups excluding carboxylic acids is 1. The molecule has 1 aromatic heterocycles. The van der Waals surface area contributed by atoms with Crippen LogP contribution in [0.5, 0.6) is 5.75 Å². The maximum atomic E-state index is 12.2. The van der Waals surface area contributed by atoms with Gasteiger partial charge in [-0.2, -0.15) is 0 Å². The van der Waals surface area contributed by atoms with Gasteiger partial charge in [0.15, 0.2) is 5.16 Å². The van der Waals surface area contributed by atoms with Crippen LogP contribution >= 0.6 is 11.8 Å². The van der Waals surface area contributed by atoms with E-state index in [1.807, 2.05) is 28.8 Å². The van der Waals surface area contributed by atoms with Gasteiger partial charge in [-0.3, -0.25) is 9.36 Å². The number of hydrogen-bond donors (Lipinski definition) is 1. The number of thioether (sulfide) groups is 1. The number of alkyl halides is 3. The fourth-order valence-corrected chi connectivity index (χ4v) is 3.32. The molecule has 0 spiro atoms. The Labute approximate surface area is 169 Å².